The van der Waals surface area contributed by atoms with Crippen LogP contribution in [-0.4, -0.2) is 36.9 Å². The van der Waals surface area contributed by atoms with E-state index < -0.39 is 17.6 Å². The second-order valence-electron chi connectivity index (χ2n) is 8.94. The maximum atomic E-state index is 12.9. The van der Waals surface area contributed by atoms with Crippen LogP contribution in [0.3, 0.4) is 0 Å². The molecule has 0 aliphatic heterocycles. The number of nitrogens with zero attached hydrogens (tertiary/aromatic N) is 2. The van der Waals surface area contributed by atoms with Gasteiger partial charge < -0.3 is 14.7 Å². The summed E-state index contributed by atoms with van der Waals surface area (Å²) in [6.07, 6.45) is -2.02. The van der Waals surface area contributed by atoms with E-state index in [1.54, 1.807) is 0 Å². The lowest BCUT2D eigenvalue weighted by atomic mass is 10.0. The third kappa shape index (κ3) is 7.04. The molecule has 208 valence electrons. The minimum Gasteiger partial charge on any atom is -0.506 e. The Morgan fingerprint density at radius 1 is 1.02 bits per heavy atom. The van der Waals surface area contributed by atoms with E-state index in [1.165, 1.54) is 36.5 Å². The van der Waals surface area contributed by atoms with Gasteiger partial charge in [-0.15, -0.1) is 0 Å². The normalized spacial score (nSPS) is 11.6. The molecule has 4 aromatic rings. The smallest absolute Gasteiger partial charge is 0.416 e. The van der Waals surface area contributed by atoms with Gasteiger partial charge in [0.1, 0.15) is 18.1 Å². The summed E-state index contributed by atoms with van der Waals surface area (Å²) < 4.78 is 44.9. The number of hydrazone groups is 1. The molecular formula is C30H27ClF3N3O3. The van der Waals surface area contributed by atoms with Crippen LogP contribution in [0.5, 0.6) is 11.5 Å². The lowest BCUT2D eigenvalue weighted by Crippen LogP contribution is -2.29. The summed E-state index contributed by atoms with van der Waals surface area (Å²) in [7, 11) is 0. The van der Waals surface area contributed by atoms with E-state index in [-0.39, 0.29) is 16.3 Å². The van der Waals surface area contributed by atoms with Crippen LogP contribution in [-0.2, 0) is 6.18 Å². The number of carbonyl (C=O) groups is 1. The zero-order chi connectivity index (χ0) is 28.7. The Balaban J connectivity index is 1.43. The third-order valence-electron chi connectivity index (χ3n) is 6.17. The third-order valence-corrected chi connectivity index (χ3v) is 6.47. The van der Waals surface area contributed by atoms with Gasteiger partial charge in [-0.05, 0) is 66.4 Å². The Bertz CT molecular complexity index is 1510. The highest BCUT2D eigenvalue weighted by atomic mass is 35.5. The van der Waals surface area contributed by atoms with Crippen LogP contribution >= 0.6 is 11.6 Å². The predicted octanol–water partition coefficient (Wildman–Crippen LogP) is 7.28. The summed E-state index contributed by atoms with van der Waals surface area (Å²) in [5.41, 5.74) is 3.48. The summed E-state index contributed by atoms with van der Waals surface area (Å²) in [6.45, 7) is 3.49. The van der Waals surface area contributed by atoms with Gasteiger partial charge in [-0.25, -0.2) is 5.43 Å². The number of ether oxygens (including phenoxy) is 1. The molecule has 0 saturated heterocycles. The lowest BCUT2D eigenvalue weighted by Gasteiger charge is -2.25. The molecule has 10 heteroatoms. The summed E-state index contributed by atoms with van der Waals surface area (Å²) in [4.78, 5) is 14.4. The van der Waals surface area contributed by atoms with Crippen molar-refractivity contribution in [3.8, 4) is 11.5 Å². The molecule has 1 amide bonds. The Hall–Kier alpha value is -4.24. The number of alkyl halides is 3. The zero-order valence-electron chi connectivity index (χ0n) is 21.6. The van der Waals surface area contributed by atoms with Crippen molar-refractivity contribution in [1.82, 2.24) is 5.43 Å². The second-order valence-corrected chi connectivity index (χ2v) is 9.35. The molecule has 6 nitrogen and oxygen atoms in total. The molecule has 0 heterocycles. The van der Waals surface area contributed by atoms with Crippen LogP contribution < -0.4 is 15.1 Å². The number of hydrogen-bond acceptors (Lipinski definition) is 5. The van der Waals surface area contributed by atoms with E-state index in [4.69, 9.17) is 16.3 Å². The number of phenols is 1. The van der Waals surface area contributed by atoms with Gasteiger partial charge in [-0.3, -0.25) is 4.79 Å². The van der Waals surface area contributed by atoms with Crippen molar-refractivity contribution in [3.05, 3.63) is 101 Å². The molecule has 0 bridgehead atoms. The number of amides is 1. The first-order valence-corrected chi connectivity index (χ1v) is 12.9. The SMILES string of the molecule is CCCN(CCOc1ccc(/C=N\NC(=O)c2ccc(O)c(Cl)c2)c2ccccc12)c1ccc(C(F)(F)F)cc1. The molecule has 2 N–H and O–H groups in total. The first-order chi connectivity index (χ1) is 19.2. The number of benzene rings is 4. The van der Waals surface area contributed by atoms with Crippen LogP contribution in [0.4, 0.5) is 18.9 Å². The highest BCUT2D eigenvalue weighted by Crippen LogP contribution is 2.31. The van der Waals surface area contributed by atoms with Crippen molar-refractivity contribution in [2.45, 2.75) is 19.5 Å². The zero-order valence-corrected chi connectivity index (χ0v) is 22.3. The van der Waals surface area contributed by atoms with Crippen molar-refractivity contribution in [3.63, 3.8) is 0 Å². The van der Waals surface area contributed by atoms with Gasteiger partial charge in [0.25, 0.3) is 5.91 Å². The number of halogens is 4. The van der Waals surface area contributed by atoms with Crippen LogP contribution in [0.25, 0.3) is 10.8 Å². The number of carbonyl (C=O) groups excluding carboxylic acids is 1. The van der Waals surface area contributed by atoms with Crippen molar-refractivity contribution in [2.24, 2.45) is 5.10 Å². The first kappa shape index (κ1) is 28.8. The van der Waals surface area contributed by atoms with Gasteiger partial charge in [-0.2, -0.15) is 18.3 Å². The Morgan fingerprint density at radius 2 is 1.75 bits per heavy atom. The molecule has 0 atom stereocenters. The standard InChI is InChI=1S/C30H27ClF3N3O3/c1-2-15-37(23-11-9-22(10-12-23)30(32,33)34)16-17-40-28-14-8-21(24-5-3-4-6-25(24)28)19-35-36-29(39)20-7-13-27(38)26(31)18-20/h3-14,18-19,38H,2,15-17H2,1H3,(H,36,39)/b35-19-. The maximum absolute atomic E-state index is 12.9. The molecular weight excluding hydrogens is 543 g/mol. The monoisotopic (exact) mass is 569 g/mol. The number of fused-ring (bicyclic) bond motifs is 1. The predicted molar refractivity (Wildman–Crippen MR) is 152 cm³/mol. The van der Waals surface area contributed by atoms with Gasteiger partial charge in [0.15, 0.2) is 0 Å². The van der Waals surface area contributed by atoms with Crippen molar-refractivity contribution in [1.29, 1.82) is 0 Å². The number of aromatic hydroxyl groups is 1. The van der Waals surface area contributed by atoms with Crippen molar-refractivity contribution in [2.75, 3.05) is 24.6 Å². The van der Waals surface area contributed by atoms with Crippen molar-refractivity contribution >= 4 is 40.2 Å². The van der Waals surface area contributed by atoms with E-state index in [0.717, 1.165) is 34.9 Å². The number of nitrogens with one attached hydrogen (secondary N) is 1. The molecule has 4 rings (SSSR count). The molecule has 0 unspecified atom stereocenters. The Labute approximate surface area is 234 Å². The number of anilines is 1. The van der Waals surface area contributed by atoms with Crippen LogP contribution in [0.2, 0.25) is 5.02 Å². The Kier molecular flexibility index (Phi) is 9.16. The van der Waals surface area contributed by atoms with E-state index in [2.05, 4.69) is 10.5 Å². The van der Waals surface area contributed by atoms with Crippen LogP contribution in [0.15, 0.2) is 84.0 Å². The average Bonchev–Trinajstić information content (AvgIpc) is 2.94. The molecule has 0 spiro atoms. The van der Waals surface area contributed by atoms with E-state index in [1.807, 2.05) is 48.2 Å². The van der Waals surface area contributed by atoms with Gasteiger partial charge in [0.2, 0.25) is 0 Å². The summed E-state index contributed by atoms with van der Waals surface area (Å²) >= 11 is 5.87. The molecule has 4 aromatic carbocycles. The van der Waals surface area contributed by atoms with Gasteiger partial charge in [0, 0.05) is 28.7 Å². The second kappa shape index (κ2) is 12.7. The maximum Gasteiger partial charge on any atom is 0.416 e. The van der Waals surface area contributed by atoms with Crippen LogP contribution in [0, 0.1) is 0 Å². The fraction of sp³-hybridized carbons (Fsp3) is 0.200. The van der Waals surface area contributed by atoms with Crippen molar-refractivity contribution < 1.29 is 27.8 Å². The molecule has 0 fully saturated rings. The lowest BCUT2D eigenvalue weighted by molar-refractivity contribution is -0.137. The van der Waals surface area contributed by atoms with Gasteiger partial charge >= 0.3 is 6.18 Å². The quantitative estimate of drug-likeness (QED) is 0.155. The molecule has 0 aliphatic carbocycles. The summed E-state index contributed by atoms with van der Waals surface area (Å²) in [6, 6.07) is 20.5. The highest BCUT2D eigenvalue weighted by Gasteiger charge is 2.30. The minimum absolute atomic E-state index is 0.0652. The minimum atomic E-state index is -4.37. The fourth-order valence-corrected chi connectivity index (χ4v) is 4.35. The summed E-state index contributed by atoms with van der Waals surface area (Å²) in [5.74, 6) is 0.0552. The van der Waals surface area contributed by atoms with Crippen LogP contribution in [0.1, 0.15) is 34.8 Å². The van der Waals surface area contributed by atoms with E-state index >= 15 is 0 Å². The molecule has 40 heavy (non-hydrogen) atoms. The highest BCUT2D eigenvalue weighted by molar-refractivity contribution is 6.32. The van der Waals surface area contributed by atoms with E-state index in [0.29, 0.717) is 31.1 Å². The average molecular weight is 570 g/mol. The number of rotatable bonds is 10. The fourth-order valence-electron chi connectivity index (χ4n) is 4.17. The number of hydrogen-bond donors (Lipinski definition) is 2. The summed E-state index contributed by atoms with van der Waals surface area (Å²) in [5, 5.41) is 15.4. The molecule has 0 radical (unpaired) electrons. The first-order valence-electron chi connectivity index (χ1n) is 12.6. The molecule has 0 aromatic heterocycles. The van der Waals surface area contributed by atoms with Gasteiger partial charge in [-0.1, -0.05) is 42.8 Å². The van der Waals surface area contributed by atoms with Gasteiger partial charge in [0.05, 0.1) is 23.3 Å². The molecule has 0 aliphatic rings. The number of phenolic OH excluding ortho intramolecular Hbond substituents is 1. The molecule has 0 saturated carbocycles. The van der Waals surface area contributed by atoms with E-state index in [9.17, 15) is 23.1 Å². The Morgan fingerprint density at radius 3 is 2.42 bits per heavy atom. The largest absolute Gasteiger partial charge is 0.506 e. The topological polar surface area (TPSA) is 74.2 Å².